The molecule has 0 saturated carbocycles. The number of benzene rings is 2. The molecule has 0 aromatic heterocycles. The van der Waals surface area contributed by atoms with Crippen molar-refractivity contribution in [1.82, 2.24) is 10.6 Å². The van der Waals surface area contributed by atoms with Gasteiger partial charge < -0.3 is 19.5 Å². The van der Waals surface area contributed by atoms with Gasteiger partial charge in [0, 0.05) is 5.70 Å². The van der Waals surface area contributed by atoms with Crippen LogP contribution in [0.25, 0.3) is 0 Å². The molecule has 0 bridgehead atoms. The third kappa shape index (κ3) is 5.38. The quantitative estimate of drug-likeness (QED) is 0.372. The Balaban J connectivity index is 1.95. The third-order valence-electron chi connectivity index (χ3n) is 4.73. The van der Waals surface area contributed by atoms with Crippen LogP contribution < -0.4 is 20.1 Å². The van der Waals surface area contributed by atoms with Gasteiger partial charge in [0.25, 0.3) is 0 Å². The Morgan fingerprint density at radius 2 is 1.91 bits per heavy atom. The smallest absolute Gasteiger partial charge is 0.338 e. The van der Waals surface area contributed by atoms with Crippen LogP contribution in [0.15, 0.2) is 64.8 Å². The van der Waals surface area contributed by atoms with Crippen LogP contribution in [0, 0.1) is 11.5 Å². The van der Waals surface area contributed by atoms with Crippen molar-refractivity contribution in [2.75, 3.05) is 13.2 Å². The second-order valence-corrected chi connectivity index (χ2v) is 6.91. The van der Waals surface area contributed by atoms with Crippen molar-refractivity contribution in [3.63, 3.8) is 0 Å². The van der Waals surface area contributed by atoms with Crippen molar-refractivity contribution in [2.24, 2.45) is 4.99 Å². The summed E-state index contributed by atoms with van der Waals surface area (Å²) in [6.45, 7) is 6.46. The highest BCUT2D eigenvalue weighted by molar-refractivity contribution is 5.95. The van der Waals surface area contributed by atoms with E-state index in [0.29, 0.717) is 41.5 Å². The molecule has 2 aromatic carbocycles. The van der Waals surface area contributed by atoms with E-state index >= 15 is 0 Å². The molecule has 8 nitrogen and oxygen atoms in total. The van der Waals surface area contributed by atoms with Crippen molar-refractivity contribution in [1.29, 1.82) is 5.26 Å². The molecular formula is C24H26N4O4. The second kappa shape index (κ2) is 10.9. The van der Waals surface area contributed by atoms with Gasteiger partial charge in [-0.2, -0.15) is 5.26 Å². The number of esters is 1. The lowest BCUT2D eigenvalue weighted by molar-refractivity contribution is -0.138. The first-order chi connectivity index (χ1) is 15.6. The lowest BCUT2D eigenvalue weighted by Crippen LogP contribution is -2.39. The van der Waals surface area contributed by atoms with Gasteiger partial charge in [-0.05, 0) is 44.0 Å². The summed E-state index contributed by atoms with van der Waals surface area (Å²) in [6, 6.07) is 14.6. The average molecular weight is 434 g/mol. The number of rotatable bonds is 8. The van der Waals surface area contributed by atoms with Crippen LogP contribution in [0.2, 0.25) is 0 Å². The first-order valence-corrected chi connectivity index (χ1v) is 10.4. The van der Waals surface area contributed by atoms with Gasteiger partial charge in [0.15, 0.2) is 17.7 Å². The van der Waals surface area contributed by atoms with Crippen LogP contribution in [0.3, 0.4) is 0 Å². The van der Waals surface area contributed by atoms with E-state index in [2.05, 4.69) is 15.6 Å². The Hall–Kier alpha value is -3.99. The number of carbonyl (C=O) groups excluding carboxylic acids is 1. The number of nitrogens with one attached hydrogen (secondary N) is 2. The molecule has 8 heteroatoms. The summed E-state index contributed by atoms with van der Waals surface area (Å²) in [5.74, 6) is 0.923. The zero-order valence-electron chi connectivity index (χ0n) is 18.3. The van der Waals surface area contributed by atoms with E-state index < -0.39 is 12.0 Å². The van der Waals surface area contributed by atoms with E-state index in [1.54, 1.807) is 26.0 Å². The van der Waals surface area contributed by atoms with Crippen molar-refractivity contribution >= 4 is 11.9 Å². The third-order valence-corrected chi connectivity index (χ3v) is 4.73. The van der Waals surface area contributed by atoms with Crippen LogP contribution in [0.5, 0.6) is 11.5 Å². The van der Waals surface area contributed by atoms with E-state index in [0.717, 1.165) is 5.56 Å². The maximum absolute atomic E-state index is 12.7. The van der Waals surface area contributed by atoms with Crippen LogP contribution >= 0.6 is 0 Å². The predicted octanol–water partition coefficient (Wildman–Crippen LogP) is 3.57. The van der Waals surface area contributed by atoms with Crippen LogP contribution in [-0.4, -0.2) is 25.1 Å². The highest BCUT2D eigenvalue weighted by atomic mass is 16.5. The molecule has 2 N–H and O–H groups in total. The minimum Gasteiger partial charge on any atom is -0.490 e. The normalized spacial score (nSPS) is 15.2. The highest BCUT2D eigenvalue weighted by Gasteiger charge is 2.31. The molecule has 1 heterocycles. The fraction of sp³-hybridized carbons (Fsp3) is 0.292. The summed E-state index contributed by atoms with van der Waals surface area (Å²) < 4.78 is 17.0. The largest absolute Gasteiger partial charge is 0.490 e. The highest BCUT2D eigenvalue weighted by Crippen LogP contribution is 2.37. The monoisotopic (exact) mass is 434 g/mol. The van der Waals surface area contributed by atoms with E-state index in [9.17, 15) is 4.79 Å². The first kappa shape index (κ1) is 22.7. The van der Waals surface area contributed by atoms with Gasteiger partial charge in [-0.25, -0.2) is 9.79 Å². The predicted molar refractivity (Wildman–Crippen MR) is 120 cm³/mol. The van der Waals surface area contributed by atoms with Gasteiger partial charge in [-0.1, -0.05) is 36.4 Å². The maximum atomic E-state index is 12.7. The molecule has 0 saturated heterocycles. The van der Waals surface area contributed by atoms with Gasteiger partial charge in [-0.3, -0.25) is 5.32 Å². The Bertz CT molecular complexity index is 1060. The molecule has 32 heavy (non-hydrogen) atoms. The van der Waals surface area contributed by atoms with Gasteiger partial charge in [-0.15, -0.1) is 0 Å². The number of carbonyl (C=O) groups is 1. The minimum absolute atomic E-state index is 0.242. The number of allylic oxidation sites excluding steroid dienone is 1. The standard InChI is InChI=1S/C24H26N4O4/c1-4-30-20-13-18(11-12-19(20)32-14-17-9-7-6-8-10-17)22-21(23(29)31-5-2)16(3)27-24(28-22)26-15-25/h6-13,22H,4-5,14H2,1-3H3,(H2,26,27,28)/t22-/m0/s1. The Kier molecular flexibility index (Phi) is 7.70. The Labute approximate surface area is 187 Å². The summed E-state index contributed by atoms with van der Waals surface area (Å²) in [4.78, 5) is 17.2. The molecule has 1 aliphatic rings. The number of guanidine groups is 1. The summed E-state index contributed by atoms with van der Waals surface area (Å²) in [5.41, 5.74) is 2.68. The zero-order valence-corrected chi connectivity index (χ0v) is 18.3. The number of ether oxygens (including phenoxy) is 3. The van der Waals surface area contributed by atoms with Crippen LogP contribution in [0.4, 0.5) is 0 Å². The molecule has 1 atom stereocenters. The molecule has 0 aliphatic carbocycles. The molecule has 2 aromatic rings. The average Bonchev–Trinajstić information content (AvgIpc) is 2.79. The second-order valence-electron chi connectivity index (χ2n) is 6.91. The summed E-state index contributed by atoms with van der Waals surface area (Å²) in [6.07, 6.45) is 1.85. The van der Waals surface area contributed by atoms with Crippen molar-refractivity contribution in [3.8, 4) is 17.7 Å². The molecule has 3 rings (SSSR count). The number of nitriles is 1. The van der Waals surface area contributed by atoms with Gasteiger partial charge in [0.05, 0.1) is 18.8 Å². The number of nitrogens with zero attached hydrogens (tertiary/aromatic N) is 2. The number of hydrogen-bond acceptors (Lipinski definition) is 8. The lowest BCUT2D eigenvalue weighted by Gasteiger charge is -2.25. The van der Waals surface area contributed by atoms with E-state index in [4.69, 9.17) is 19.5 Å². The van der Waals surface area contributed by atoms with Crippen molar-refractivity contribution in [2.45, 2.75) is 33.4 Å². The van der Waals surface area contributed by atoms with Crippen molar-refractivity contribution in [3.05, 3.63) is 70.9 Å². The topological polar surface area (TPSA) is 105 Å². The lowest BCUT2D eigenvalue weighted by atomic mass is 9.96. The van der Waals surface area contributed by atoms with Gasteiger partial charge in [0.2, 0.25) is 5.96 Å². The molecular weight excluding hydrogens is 408 g/mol. The molecule has 0 fully saturated rings. The van der Waals surface area contributed by atoms with Crippen LogP contribution in [-0.2, 0) is 16.1 Å². The molecule has 166 valence electrons. The summed E-state index contributed by atoms with van der Waals surface area (Å²) in [5, 5.41) is 14.4. The number of hydrogen-bond donors (Lipinski definition) is 2. The van der Waals surface area contributed by atoms with Crippen LogP contribution in [0.1, 0.15) is 37.9 Å². The van der Waals surface area contributed by atoms with Crippen molar-refractivity contribution < 1.29 is 19.0 Å². The first-order valence-electron chi connectivity index (χ1n) is 10.4. The fourth-order valence-corrected chi connectivity index (χ4v) is 3.32. The molecule has 0 radical (unpaired) electrons. The Morgan fingerprint density at radius 3 is 2.59 bits per heavy atom. The molecule has 0 amide bonds. The van der Waals surface area contributed by atoms with Gasteiger partial charge >= 0.3 is 5.97 Å². The summed E-state index contributed by atoms with van der Waals surface area (Å²) >= 11 is 0. The summed E-state index contributed by atoms with van der Waals surface area (Å²) in [7, 11) is 0. The number of aliphatic imine (C=N–C) groups is 1. The fourth-order valence-electron chi connectivity index (χ4n) is 3.32. The SMILES string of the molecule is CCOC(=O)C1=C(C)NC(NC#N)=N[C@H]1c1ccc(OCc2ccccc2)c(OCC)c1. The van der Waals surface area contributed by atoms with E-state index in [1.165, 1.54) is 0 Å². The molecule has 0 spiro atoms. The Morgan fingerprint density at radius 1 is 1.12 bits per heavy atom. The molecule has 0 unspecified atom stereocenters. The minimum atomic E-state index is -0.673. The van der Waals surface area contributed by atoms with Gasteiger partial charge in [0.1, 0.15) is 12.6 Å². The maximum Gasteiger partial charge on any atom is 0.338 e. The molecule has 1 aliphatic heterocycles. The zero-order chi connectivity index (χ0) is 22.9. The van der Waals surface area contributed by atoms with E-state index in [-0.39, 0.29) is 12.6 Å². The van der Waals surface area contributed by atoms with E-state index in [1.807, 2.05) is 49.5 Å².